The van der Waals surface area contributed by atoms with Crippen molar-refractivity contribution in [2.45, 2.75) is 18.9 Å². The highest BCUT2D eigenvalue weighted by Gasteiger charge is 2.33. The highest BCUT2D eigenvalue weighted by atomic mass is 16.7. The Morgan fingerprint density at radius 1 is 1.28 bits per heavy atom. The molecule has 0 aliphatic carbocycles. The van der Waals surface area contributed by atoms with E-state index in [4.69, 9.17) is 4.84 Å². The first kappa shape index (κ1) is 18.0. The van der Waals surface area contributed by atoms with Gasteiger partial charge in [-0.15, -0.1) is 5.06 Å². The van der Waals surface area contributed by atoms with Crippen molar-refractivity contribution in [1.29, 1.82) is 0 Å². The maximum atomic E-state index is 11.9. The first-order valence-electron chi connectivity index (χ1n) is 7.05. The zero-order chi connectivity index (χ0) is 18.4. The summed E-state index contributed by atoms with van der Waals surface area (Å²) in [6.07, 6.45) is 1.47. The number of amides is 2. The molecule has 1 aliphatic heterocycles. The lowest BCUT2D eigenvalue weighted by atomic mass is 10.3. The van der Waals surface area contributed by atoms with Crippen LogP contribution in [0.15, 0.2) is 18.3 Å². The topological polar surface area (TPSA) is 144 Å². The minimum atomic E-state index is -1.23. The number of esters is 1. The van der Waals surface area contributed by atoms with Gasteiger partial charge in [-0.25, -0.2) is 20.0 Å². The van der Waals surface area contributed by atoms with Crippen molar-refractivity contribution >= 4 is 35.9 Å². The Balaban J connectivity index is 1.94. The van der Waals surface area contributed by atoms with Gasteiger partial charge < -0.3 is 19.8 Å². The summed E-state index contributed by atoms with van der Waals surface area (Å²) in [6.45, 7) is 0. The van der Waals surface area contributed by atoms with Crippen LogP contribution in [0.1, 0.15) is 23.2 Å². The van der Waals surface area contributed by atoms with Gasteiger partial charge in [-0.2, -0.15) is 0 Å². The number of aromatic nitrogens is 1. The standard InChI is InChI=1S/C14H14N4O7/c1-24-14(23)9(7-19)16-17-10-3-2-8(6-15-10)13(22)25-18-11(20)4-5-12(18)21/h2-3,6-7,9,16H,4-5H2,1H3,(H,15,17). The quantitative estimate of drug-likeness (QED) is 0.206. The molecule has 1 aliphatic rings. The average Bonchev–Trinajstić information content (AvgIpc) is 2.94. The molecule has 2 N–H and O–H groups in total. The lowest BCUT2D eigenvalue weighted by Crippen LogP contribution is -2.42. The molecule has 1 saturated heterocycles. The van der Waals surface area contributed by atoms with E-state index in [1.807, 2.05) is 0 Å². The molecular weight excluding hydrogens is 336 g/mol. The number of carbonyl (C=O) groups excluding carboxylic acids is 5. The molecule has 11 nitrogen and oxygen atoms in total. The summed E-state index contributed by atoms with van der Waals surface area (Å²) < 4.78 is 4.41. The highest BCUT2D eigenvalue weighted by Crippen LogP contribution is 2.14. The molecule has 2 heterocycles. The predicted molar refractivity (Wildman–Crippen MR) is 79.4 cm³/mol. The van der Waals surface area contributed by atoms with Crippen molar-refractivity contribution in [1.82, 2.24) is 15.5 Å². The Labute approximate surface area is 141 Å². The second-order valence-corrected chi connectivity index (χ2v) is 4.80. The van der Waals surface area contributed by atoms with E-state index < -0.39 is 29.8 Å². The molecule has 25 heavy (non-hydrogen) atoms. The van der Waals surface area contributed by atoms with Crippen LogP contribution in [0.5, 0.6) is 0 Å². The minimum Gasteiger partial charge on any atom is -0.467 e. The number of nitrogens with one attached hydrogen (secondary N) is 2. The first-order valence-corrected chi connectivity index (χ1v) is 7.05. The van der Waals surface area contributed by atoms with Crippen molar-refractivity contribution in [3.63, 3.8) is 0 Å². The van der Waals surface area contributed by atoms with Crippen LogP contribution in [0.25, 0.3) is 0 Å². The fraction of sp³-hybridized carbons (Fsp3) is 0.286. The zero-order valence-electron chi connectivity index (χ0n) is 13.1. The Kier molecular flexibility index (Phi) is 5.74. The van der Waals surface area contributed by atoms with E-state index in [1.165, 1.54) is 12.1 Å². The number of carbonyl (C=O) groups is 5. The molecule has 0 spiro atoms. The summed E-state index contributed by atoms with van der Waals surface area (Å²) in [5, 5.41) is 0.432. The lowest BCUT2D eigenvalue weighted by molar-refractivity contribution is -0.172. The van der Waals surface area contributed by atoms with Gasteiger partial charge in [0.05, 0.1) is 12.7 Å². The third-order valence-electron chi connectivity index (χ3n) is 3.13. The maximum absolute atomic E-state index is 11.9. The summed E-state index contributed by atoms with van der Waals surface area (Å²) >= 11 is 0. The molecule has 1 aromatic heterocycles. The number of hydroxylamine groups is 2. The monoisotopic (exact) mass is 350 g/mol. The van der Waals surface area contributed by atoms with E-state index in [2.05, 4.69) is 20.6 Å². The molecule has 132 valence electrons. The number of hydrogen-bond acceptors (Lipinski definition) is 10. The summed E-state index contributed by atoms with van der Waals surface area (Å²) in [7, 11) is 1.13. The normalized spacial score (nSPS) is 14.8. The van der Waals surface area contributed by atoms with Crippen LogP contribution < -0.4 is 10.9 Å². The third kappa shape index (κ3) is 4.35. The molecule has 0 radical (unpaired) electrons. The number of pyridine rings is 1. The molecule has 2 amide bonds. The molecule has 1 unspecified atom stereocenters. The second kappa shape index (κ2) is 7.97. The predicted octanol–water partition coefficient (Wildman–Crippen LogP) is -1.04. The summed E-state index contributed by atoms with van der Waals surface area (Å²) in [5.41, 5.74) is 4.89. The van der Waals surface area contributed by atoms with Gasteiger partial charge in [-0.1, -0.05) is 0 Å². The molecule has 11 heteroatoms. The minimum absolute atomic E-state index is 0.00189. The van der Waals surface area contributed by atoms with E-state index in [0.717, 1.165) is 13.3 Å². The third-order valence-corrected chi connectivity index (χ3v) is 3.13. The van der Waals surface area contributed by atoms with Crippen LogP contribution >= 0.6 is 0 Å². The molecule has 1 atom stereocenters. The van der Waals surface area contributed by atoms with Gasteiger partial charge in [0.15, 0.2) is 6.04 Å². The van der Waals surface area contributed by atoms with Crippen molar-refractivity contribution in [2.75, 3.05) is 12.5 Å². The molecule has 1 aromatic rings. The van der Waals surface area contributed by atoms with E-state index in [-0.39, 0.29) is 24.2 Å². The van der Waals surface area contributed by atoms with Gasteiger partial charge >= 0.3 is 11.9 Å². The van der Waals surface area contributed by atoms with Gasteiger partial charge in [-0.3, -0.25) is 9.59 Å². The number of ether oxygens (including phenoxy) is 1. The molecule has 0 aromatic carbocycles. The van der Waals surface area contributed by atoms with Crippen LogP contribution in [0.3, 0.4) is 0 Å². The maximum Gasteiger partial charge on any atom is 0.365 e. The van der Waals surface area contributed by atoms with Gasteiger partial charge in [0.2, 0.25) is 0 Å². The number of hydrazine groups is 1. The van der Waals surface area contributed by atoms with Crippen LogP contribution in [0.2, 0.25) is 0 Å². The van der Waals surface area contributed by atoms with E-state index >= 15 is 0 Å². The van der Waals surface area contributed by atoms with Gasteiger partial charge in [-0.05, 0) is 12.1 Å². The van der Waals surface area contributed by atoms with Gasteiger partial charge in [0.1, 0.15) is 12.1 Å². The highest BCUT2D eigenvalue weighted by molar-refractivity contribution is 6.02. The SMILES string of the molecule is COC(=O)C(C=O)NNc1ccc(C(=O)ON2C(=O)CCC2=O)cn1. The molecule has 2 rings (SSSR count). The molecule has 0 saturated carbocycles. The number of aldehydes is 1. The van der Waals surface area contributed by atoms with Crippen LogP contribution in [-0.4, -0.2) is 53.2 Å². The van der Waals surface area contributed by atoms with Crippen molar-refractivity contribution in [2.24, 2.45) is 0 Å². The Bertz CT molecular complexity index is 688. The summed E-state index contributed by atoms with van der Waals surface area (Å²) in [4.78, 5) is 65.3. The zero-order valence-corrected chi connectivity index (χ0v) is 13.1. The number of methoxy groups -OCH3 is 1. The van der Waals surface area contributed by atoms with Crippen molar-refractivity contribution < 1.29 is 33.5 Å². The van der Waals surface area contributed by atoms with E-state index in [1.54, 1.807) is 0 Å². The van der Waals surface area contributed by atoms with Crippen LogP contribution in [0, 0.1) is 0 Å². The van der Waals surface area contributed by atoms with Crippen LogP contribution in [-0.2, 0) is 28.8 Å². The van der Waals surface area contributed by atoms with Crippen molar-refractivity contribution in [3.05, 3.63) is 23.9 Å². The molecular formula is C14H14N4O7. The first-order chi connectivity index (χ1) is 12.0. The number of hydrogen-bond donors (Lipinski definition) is 2. The summed E-state index contributed by atoms with van der Waals surface area (Å²) in [5.74, 6) is -2.69. The fourth-order valence-corrected chi connectivity index (χ4v) is 1.81. The number of anilines is 1. The Morgan fingerprint density at radius 3 is 2.48 bits per heavy atom. The van der Waals surface area contributed by atoms with Crippen molar-refractivity contribution in [3.8, 4) is 0 Å². The second-order valence-electron chi connectivity index (χ2n) is 4.80. The fourth-order valence-electron chi connectivity index (χ4n) is 1.81. The molecule has 0 bridgehead atoms. The Morgan fingerprint density at radius 2 is 1.96 bits per heavy atom. The van der Waals surface area contributed by atoms with Gasteiger partial charge in [0.25, 0.3) is 11.8 Å². The lowest BCUT2D eigenvalue weighted by Gasteiger charge is -2.13. The van der Waals surface area contributed by atoms with E-state index in [9.17, 15) is 24.0 Å². The number of imide groups is 1. The van der Waals surface area contributed by atoms with Gasteiger partial charge in [0, 0.05) is 19.0 Å². The smallest absolute Gasteiger partial charge is 0.365 e. The van der Waals surface area contributed by atoms with Crippen LogP contribution in [0.4, 0.5) is 5.82 Å². The Hall–Kier alpha value is -3.34. The summed E-state index contributed by atoms with van der Waals surface area (Å²) in [6, 6.07) is 1.44. The number of nitrogens with zero attached hydrogens (tertiary/aromatic N) is 2. The molecule has 1 fully saturated rings. The average molecular weight is 350 g/mol. The number of rotatable bonds is 7. The largest absolute Gasteiger partial charge is 0.467 e. The van der Waals surface area contributed by atoms with E-state index in [0.29, 0.717) is 11.3 Å².